The monoisotopic (exact) mass is 308 g/mol. The Morgan fingerprint density at radius 1 is 1.43 bits per heavy atom. The summed E-state index contributed by atoms with van der Waals surface area (Å²) < 4.78 is 27.4. The van der Waals surface area contributed by atoms with E-state index in [1.165, 1.54) is 28.5 Å². The number of hydrogen-bond acceptors (Lipinski definition) is 3. The van der Waals surface area contributed by atoms with E-state index in [1.54, 1.807) is 0 Å². The largest absolute Gasteiger partial charge is 0.305 e. The molecule has 1 aliphatic heterocycles. The van der Waals surface area contributed by atoms with Crippen molar-refractivity contribution < 1.29 is 13.6 Å². The Labute approximate surface area is 125 Å². The first kappa shape index (κ1) is 14.1. The van der Waals surface area contributed by atoms with Gasteiger partial charge in [-0.25, -0.2) is 13.8 Å². The Morgan fingerprint density at radius 2 is 2.24 bits per heavy atom. The lowest BCUT2D eigenvalue weighted by Gasteiger charge is -2.29. The number of fused-ring (bicyclic) bond motifs is 1. The number of rotatable bonds is 2. The van der Waals surface area contributed by atoms with Gasteiger partial charge in [-0.3, -0.25) is 4.79 Å². The molecule has 6 heteroatoms. The molecule has 0 N–H and O–H groups in total. The van der Waals surface area contributed by atoms with Crippen LogP contribution in [0.2, 0.25) is 0 Å². The third-order valence-electron chi connectivity index (χ3n) is 3.52. The summed E-state index contributed by atoms with van der Waals surface area (Å²) in [7, 11) is 0. The standard InChI is InChI=1S/C15H14F2N2OS/c1-2-13-18-8-12(21-13)15(20)19-5-3-4-9-6-10(16)7-11(17)14(9)19/h6-8H,2-5H2,1H3. The lowest BCUT2D eigenvalue weighted by atomic mass is 10.0. The highest BCUT2D eigenvalue weighted by molar-refractivity contribution is 7.13. The molecule has 0 spiro atoms. The number of hydrogen-bond donors (Lipinski definition) is 0. The van der Waals surface area contributed by atoms with Crippen LogP contribution in [0.5, 0.6) is 0 Å². The molecular weight excluding hydrogens is 294 g/mol. The van der Waals surface area contributed by atoms with Crippen LogP contribution in [0.3, 0.4) is 0 Å². The van der Waals surface area contributed by atoms with Crippen LogP contribution in [0.1, 0.15) is 33.6 Å². The third-order valence-corrected chi connectivity index (χ3v) is 4.65. The number of carbonyl (C=O) groups is 1. The van der Waals surface area contributed by atoms with Crippen molar-refractivity contribution in [3.8, 4) is 0 Å². The first-order chi connectivity index (χ1) is 10.1. The minimum absolute atomic E-state index is 0.207. The summed E-state index contributed by atoms with van der Waals surface area (Å²) >= 11 is 1.32. The van der Waals surface area contributed by atoms with Crippen LogP contribution < -0.4 is 4.90 Å². The van der Waals surface area contributed by atoms with Gasteiger partial charge < -0.3 is 4.90 Å². The maximum Gasteiger partial charge on any atom is 0.270 e. The second-order valence-corrected chi connectivity index (χ2v) is 6.04. The molecule has 0 aliphatic carbocycles. The number of halogens is 2. The van der Waals surface area contributed by atoms with Crippen LogP contribution in [0.25, 0.3) is 0 Å². The predicted molar refractivity (Wildman–Crippen MR) is 77.8 cm³/mol. The molecule has 0 bridgehead atoms. The van der Waals surface area contributed by atoms with E-state index in [1.807, 2.05) is 6.92 Å². The summed E-state index contributed by atoms with van der Waals surface area (Å²) in [6.07, 6.45) is 3.56. The fraction of sp³-hybridized carbons (Fsp3) is 0.333. The van der Waals surface area contributed by atoms with E-state index in [9.17, 15) is 13.6 Å². The highest BCUT2D eigenvalue weighted by atomic mass is 32.1. The van der Waals surface area contributed by atoms with Crippen molar-refractivity contribution >= 4 is 22.9 Å². The van der Waals surface area contributed by atoms with Crippen molar-refractivity contribution in [3.63, 3.8) is 0 Å². The van der Waals surface area contributed by atoms with Crippen molar-refractivity contribution in [1.82, 2.24) is 4.98 Å². The molecule has 1 aliphatic rings. The fourth-order valence-corrected chi connectivity index (χ4v) is 3.37. The van der Waals surface area contributed by atoms with Gasteiger partial charge in [0.25, 0.3) is 5.91 Å². The van der Waals surface area contributed by atoms with Crippen molar-refractivity contribution in [2.24, 2.45) is 0 Å². The minimum Gasteiger partial charge on any atom is -0.305 e. The first-order valence-corrected chi connectivity index (χ1v) is 7.66. The normalized spacial score (nSPS) is 14.1. The Hall–Kier alpha value is -1.82. The van der Waals surface area contributed by atoms with Gasteiger partial charge in [-0.05, 0) is 30.9 Å². The molecule has 2 heterocycles. The van der Waals surface area contributed by atoms with E-state index in [0.29, 0.717) is 29.8 Å². The number of carbonyl (C=O) groups excluding carboxylic acids is 1. The molecule has 110 valence electrons. The number of nitrogens with zero attached hydrogens (tertiary/aromatic N) is 2. The van der Waals surface area contributed by atoms with Gasteiger partial charge in [0.2, 0.25) is 0 Å². The molecule has 3 nitrogen and oxygen atoms in total. The Morgan fingerprint density at radius 3 is 2.95 bits per heavy atom. The van der Waals surface area contributed by atoms with E-state index in [2.05, 4.69) is 4.98 Å². The summed E-state index contributed by atoms with van der Waals surface area (Å²) in [4.78, 5) is 18.6. The molecule has 0 radical (unpaired) electrons. The van der Waals surface area contributed by atoms with Gasteiger partial charge in [0.1, 0.15) is 16.5 Å². The van der Waals surface area contributed by atoms with Crippen molar-refractivity contribution in [2.45, 2.75) is 26.2 Å². The Balaban J connectivity index is 2.00. The van der Waals surface area contributed by atoms with Gasteiger partial charge in [0.15, 0.2) is 0 Å². The molecule has 0 unspecified atom stereocenters. The summed E-state index contributed by atoms with van der Waals surface area (Å²) in [5, 5.41) is 0.871. The Kier molecular flexibility index (Phi) is 3.71. The van der Waals surface area contributed by atoms with Crippen molar-refractivity contribution in [3.05, 3.63) is 45.4 Å². The topological polar surface area (TPSA) is 33.2 Å². The number of amides is 1. The number of benzene rings is 1. The van der Waals surface area contributed by atoms with Gasteiger partial charge >= 0.3 is 0 Å². The predicted octanol–water partition coefficient (Wildman–Crippen LogP) is 3.58. The van der Waals surface area contributed by atoms with Gasteiger partial charge in [-0.1, -0.05) is 6.92 Å². The number of aromatic nitrogens is 1. The Bertz CT molecular complexity index is 699. The zero-order chi connectivity index (χ0) is 15.0. The molecular formula is C15H14F2N2OS. The lowest BCUT2D eigenvalue weighted by Crippen LogP contribution is -2.36. The van der Waals surface area contributed by atoms with Crippen LogP contribution >= 0.6 is 11.3 Å². The van der Waals surface area contributed by atoms with Crippen LogP contribution in [0.4, 0.5) is 14.5 Å². The summed E-state index contributed by atoms with van der Waals surface area (Å²) in [6, 6.07) is 2.14. The quantitative estimate of drug-likeness (QED) is 0.849. The SMILES string of the molecule is CCc1ncc(C(=O)N2CCCc3cc(F)cc(F)c32)s1. The van der Waals surface area contributed by atoms with Crippen LogP contribution in [-0.4, -0.2) is 17.4 Å². The molecule has 0 atom stereocenters. The molecule has 0 saturated heterocycles. The smallest absolute Gasteiger partial charge is 0.270 e. The number of thiazole rings is 1. The molecule has 21 heavy (non-hydrogen) atoms. The van der Waals surface area contributed by atoms with Gasteiger partial charge in [0.05, 0.1) is 16.9 Å². The molecule has 1 aromatic heterocycles. The summed E-state index contributed by atoms with van der Waals surface area (Å²) in [6.45, 7) is 2.40. The highest BCUT2D eigenvalue weighted by Crippen LogP contribution is 2.32. The van der Waals surface area contributed by atoms with E-state index < -0.39 is 11.6 Å². The highest BCUT2D eigenvalue weighted by Gasteiger charge is 2.28. The van der Waals surface area contributed by atoms with Gasteiger partial charge in [0, 0.05) is 12.6 Å². The molecule has 1 aromatic carbocycles. The summed E-state index contributed by atoms with van der Waals surface area (Å²) in [5.41, 5.74) is 0.756. The number of anilines is 1. The zero-order valence-corrected chi connectivity index (χ0v) is 12.3. The van der Waals surface area contributed by atoms with E-state index >= 15 is 0 Å². The van der Waals surface area contributed by atoms with Crippen molar-refractivity contribution in [1.29, 1.82) is 0 Å². The molecule has 0 fully saturated rings. The molecule has 1 amide bonds. The average Bonchev–Trinajstić information content (AvgIpc) is 2.94. The van der Waals surface area contributed by atoms with Crippen LogP contribution in [0.15, 0.2) is 18.3 Å². The van der Waals surface area contributed by atoms with Gasteiger partial charge in [-0.2, -0.15) is 0 Å². The number of aryl methyl sites for hydroxylation is 2. The van der Waals surface area contributed by atoms with Crippen LogP contribution in [-0.2, 0) is 12.8 Å². The second-order valence-electron chi connectivity index (χ2n) is 4.93. The molecule has 3 rings (SSSR count). The maximum atomic E-state index is 14.1. The molecule has 0 saturated carbocycles. The molecule has 2 aromatic rings. The maximum absolute atomic E-state index is 14.1. The zero-order valence-electron chi connectivity index (χ0n) is 11.5. The second kappa shape index (κ2) is 5.52. The van der Waals surface area contributed by atoms with Crippen LogP contribution in [0, 0.1) is 11.6 Å². The summed E-state index contributed by atoms with van der Waals surface area (Å²) in [5.74, 6) is -1.55. The third kappa shape index (κ3) is 2.55. The van der Waals surface area contributed by atoms with E-state index in [-0.39, 0.29) is 11.6 Å². The van der Waals surface area contributed by atoms with Crippen molar-refractivity contribution in [2.75, 3.05) is 11.4 Å². The lowest BCUT2D eigenvalue weighted by molar-refractivity contribution is 0.0987. The van der Waals surface area contributed by atoms with E-state index in [0.717, 1.165) is 17.5 Å². The first-order valence-electron chi connectivity index (χ1n) is 6.84. The minimum atomic E-state index is -0.682. The van der Waals surface area contributed by atoms with Gasteiger partial charge in [-0.15, -0.1) is 11.3 Å². The van der Waals surface area contributed by atoms with E-state index in [4.69, 9.17) is 0 Å². The average molecular weight is 308 g/mol. The fourth-order valence-electron chi connectivity index (χ4n) is 2.56.